The highest BCUT2D eigenvalue weighted by molar-refractivity contribution is 6.99. The lowest BCUT2D eigenvalue weighted by Crippen LogP contribution is -1.99. The van der Waals surface area contributed by atoms with Crippen molar-refractivity contribution in [2.45, 2.75) is 13.3 Å². The molecule has 1 N–H and O–H groups in total. The fraction of sp³-hybridized carbons (Fsp3) is 0.250. The van der Waals surface area contributed by atoms with Gasteiger partial charge >= 0.3 is 5.97 Å². The van der Waals surface area contributed by atoms with Crippen LogP contribution < -0.4 is 4.74 Å². The molecule has 94 valence electrons. The van der Waals surface area contributed by atoms with E-state index in [0.717, 1.165) is 35.0 Å². The summed E-state index contributed by atoms with van der Waals surface area (Å²) in [5.41, 5.74) is 2.16. The Balaban J connectivity index is 2.51. The van der Waals surface area contributed by atoms with Crippen molar-refractivity contribution in [2.24, 2.45) is 0 Å². The first kappa shape index (κ1) is 12.5. The van der Waals surface area contributed by atoms with E-state index in [1.165, 1.54) is 0 Å². The summed E-state index contributed by atoms with van der Waals surface area (Å²) in [7, 11) is 1.61. The molecule has 0 aliphatic heterocycles. The number of nitrogens with zero attached hydrogens (tertiary/aromatic N) is 2. The molecule has 0 unspecified atom stereocenters. The van der Waals surface area contributed by atoms with E-state index in [1.807, 2.05) is 19.1 Å². The Hall–Kier alpha value is -1.95. The highest BCUT2D eigenvalue weighted by Crippen LogP contribution is 2.28. The molecule has 1 aromatic carbocycles. The number of methoxy groups -OCH3 is 1. The summed E-state index contributed by atoms with van der Waals surface area (Å²) in [4.78, 5) is 11.0. The minimum atomic E-state index is -1.06. The molecule has 0 fully saturated rings. The Kier molecular flexibility index (Phi) is 3.57. The van der Waals surface area contributed by atoms with Gasteiger partial charge in [0.2, 0.25) is 0 Å². The summed E-state index contributed by atoms with van der Waals surface area (Å²) in [6.45, 7) is 2.01. The van der Waals surface area contributed by atoms with E-state index in [-0.39, 0.29) is 5.69 Å². The molecule has 0 saturated carbocycles. The third kappa shape index (κ3) is 2.19. The number of carboxylic acid groups (broad SMARTS) is 1. The summed E-state index contributed by atoms with van der Waals surface area (Å²) in [5, 5.41) is 9.02. The van der Waals surface area contributed by atoms with E-state index in [2.05, 4.69) is 8.75 Å². The summed E-state index contributed by atoms with van der Waals surface area (Å²) < 4.78 is 13.1. The second kappa shape index (κ2) is 5.14. The topological polar surface area (TPSA) is 72.3 Å². The number of benzene rings is 1. The van der Waals surface area contributed by atoms with Gasteiger partial charge in [-0.1, -0.05) is 6.92 Å². The smallest absolute Gasteiger partial charge is 0.357 e. The van der Waals surface area contributed by atoms with Gasteiger partial charge in [-0.3, -0.25) is 0 Å². The van der Waals surface area contributed by atoms with Crippen molar-refractivity contribution >= 4 is 17.7 Å². The Bertz CT molecular complexity index is 580. The quantitative estimate of drug-likeness (QED) is 0.918. The van der Waals surface area contributed by atoms with Crippen LogP contribution >= 0.6 is 11.7 Å². The third-order valence-corrected chi connectivity index (χ3v) is 3.15. The molecule has 0 spiro atoms. The number of rotatable bonds is 4. The van der Waals surface area contributed by atoms with Crippen molar-refractivity contribution in [2.75, 3.05) is 7.11 Å². The van der Waals surface area contributed by atoms with Gasteiger partial charge in [0.15, 0.2) is 5.69 Å². The first-order valence-electron chi connectivity index (χ1n) is 5.40. The second-order valence-corrected chi connectivity index (χ2v) is 4.18. The third-order valence-electron chi connectivity index (χ3n) is 2.63. The van der Waals surface area contributed by atoms with Gasteiger partial charge in [0.1, 0.15) is 11.4 Å². The van der Waals surface area contributed by atoms with Crippen molar-refractivity contribution in [3.05, 3.63) is 29.5 Å². The first-order chi connectivity index (χ1) is 8.67. The van der Waals surface area contributed by atoms with Crippen LogP contribution in [0.15, 0.2) is 18.2 Å². The van der Waals surface area contributed by atoms with Crippen molar-refractivity contribution in [3.8, 4) is 17.0 Å². The monoisotopic (exact) mass is 264 g/mol. The highest BCUT2D eigenvalue weighted by atomic mass is 32.1. The Morgan fingerprint density at radius 1 is 1.44 bits per heavy atom. The molecule has 5 nitrogen and oxygen atoms in total. The zero-order valence-electron chi connectivity index (χ0n) is 10.0. The summed E-state index contributed by atoms with van der Waals surface area (Å²) in [6, 6.07) is 5.50. The molecule has 0 saturated heterocycles. The van der Waals surface area contributed by atoms with Crippen molar-refractivity contribution in [1.29, 1.82) is 0 Å². The Morgan fingerprint density at radius 2 is 2.22 bits per heavy atom. The fourth-order valence-corrected chi connectivity index (χ4v) is 2.28. The number of ether oxygens (including phenoxy) is 1. The molecule has 1 aromatic heterocycles. The lowest BCUT2D eigenvalue weighted by Gasteiger charge is -2.08. The maximum Gasteiger partial charge on any atom is 0.357 e. The molecule has 0 aliphatic rings. The normalized spacial score (nSPS) is 10.3. The maximum absolute atomic E-state index is 11.0. The van der Waals surface area contributed by atoms with Gasteiger partial charge < -0.3 is 9.84 Å². The minimum absolute atomic E-state index is 0.00720. The van der Waals surface area contributed by atoms with Gasteiger partial charge in [0, 0.05) is 5.56 Å². The summed E-state index contributed by atoms with van der Waals surface area (Å²) >= 11 is 0.901. The number of hydrogen-bond donors (Lipinski definition) is 1. The van der Waals surface area contributed by atoms with Gasteiger partial charge in [-0.05, 0) is 30.2 Å². The molecule has 0 aliphatic carbocycles. The minimum Gasteiger partial charge on any atom is -0.496 e. The number of carboxylic acids is 1. The summed E-state index contributed by atoms with van der Waals surface area (Å²) in [6.07, 6.45) is 0.803. The second-order valence-electron chi connectivity index (χ2n) is 3.65. The molecule has 0 amide bonds. The molecule has 0 bridgehead atoms. The van der Waals surface area contributed by atoms with E-state index in [0.29, 0.717) is 5.69 Å². The van der Waals surface area contributed by atoms with Gasteiger partial charge in [-0.15, -0.1) is 0 Å². The predicted molar refractivity (Wildman–Crippen MR) is 68.2 cm³/mol. The molecule has 0 atom stereocenters. The lowest BCUT2D eigenvalue weighted by atomic mass is 10.0. The number of aromatic nitrogens is 2. The fourth-order valence-electron chi connectivity index (χ4n) is 1.72. The van der Waals surface area contributed by atoms with E-state index >= 15 is 0 Å². The van der Waals surface area contributed by atoms with Crippen LogP contribution in [0.4, 0.5) is 0 Å². The van der Waals surface area contributed by atoms with E-state index in [4.69, 9.17) is 9.84 Å². The van der Waals surface area contributed by atoms with Crippen molar-refractivity contribution < 1.29 is 14.6 Å². The van der Waals surface area contributed by atoms with Crippen LogP contribution in [0.1, 0.15) is 23.0 Å². The van der Waals surface area contributed by atoms with E-state index < -0.39 is 5.97 Å². The number of carbonyl (C=O) groups is 1. The van der Waals surface area contributed by atoms with E-state index in [9.17, 15) is 4.79 Å². The molecule has 2 rings (SSSR count). The molecular formula is C12H12N2O3S. The van der Waals surface area contributed by atoms with Gasteiger partial charge in [0.05, 0.1) is 18.8 Å². The molecule has 0 radical (unpaired) electrons. The zero-order valence-corrected chi connectivity index (χ0v) is 10.8. The number of aryl methyl sites for hydroxylation is 1. The van der Waals surface area contributed by atoms with Crippen molar-refractivity contribution in [1.82, 2.24) is 8.75 Å². The van der Waals surface area contributed by atoms with Gasteiger partial charge in [-0.2, -0.15) is 8.75 Å². The summed E-state index contributed by atoms with van der Waals surface area (Å²) in [5.74, 6) is -0.270. The molecular weight excluding hydrogens is 252 g/mol. The highest BCUT2D eigenvalue weighted by Gasteiger charge is 2.17. The Morgan fingerprint density at radius 3 is 2.83 bits per heavy atom. The molecule has 2 aromatic rings. The molecule has 6 heteroatoms. The van der Waals surface area contributed by atoms with Crippen LogP contribution in [0.25, 0.3) is 11.3 Å². The molecule has 1 heterocycles. The largest absolute Gasteiger partial charge is 0.496 e. The Labute approximate surface area is 108 Å². The predicted octanol–water partition coefficient (Wildman–Crippen LogP) is 2.47. The van der Waals surface area contributed by atoms with Crippen molar-refractivity contribution in [3.63, 3.8) is 0 Å². The van der Waals surface area contributed by atoms with Gasteiger partial charge in [0.25, 0.3) is 0 Å². The maximum atomic E-state index is 11.0. The van der Waals surface area contributed by atoms with Gasteiger partial charge in [-0.25, -0.2) is 4.79 Å². The lowest BCUT2D eigenvalue weighted by molar-refractivity contribution is 0.0692. The number of aromatic carboxylic acids is 1. The van der Waals surface area contributed by atoms with Crippen LogP contribution in [0.5, 0.6) is 5.75 Å². The van der Waals surface area contributed by atoms with Crippen LogP contribution in [0.3, 0.4) is 0 Å². The van der Waals surface area contributed by atoms with E-state index in [1.54, 1.807) is 13.2 Å². The van der Waals surface area contributed by atoms with Crippen LogP contribution in [-0.4, -0.2) is 26.9 Å². The van der Waals surface area contributed by atoms with Crippen LogP contribution in [0, 0.1) is 0 Å². The van der Waals surface area contributed by atoms with Crippen LogP contribution in [-0.2, 0) is 6.42 Å². The SMILES string of the molecule is CCc1cc(-c2nsnc2C(=O)O)ccc1OC. The average Bonchev–Trinajstić information content (AvgIpc) is 2.87. The standard InChI is InChI=1S/C12H12N2O3S/c1-3-7-6-8(4-5-9(7)17-2)10-11(12(15)16)14-18-13-10/h4-6H,3H2,1-2H3,(H,15,16). The zero-order chi connectivity index (χ0) is 13.1. The average molecular weight is 264 g/mol. The molecule has 18 heavy (non-hydrogen) atoms. The van der Waals surface area contributed by atoms with Crippen LogP contribution in [0.2, 0.25) is 0 Å². The first-order valence-corrected chi connectivity index (χ1v) is 6.13. The number of hydrogen-bond acceptors (Lipinski definition) is 5.